The lowest BCUT2D eigenvalue weighted by molar-refractivity contribution is -0.141. The summed E-state index contributed by atoms with van der Waals surface area (Å²) < 4.78 is 0. The maximum absolute atomic E-state index is 12.4. The molecule has 110 valence electrons. The van der Waals surface area contributed by atoms with Crippen molar-refractivity contribution in [3.8, 4) is 6.07 Å². The first-order chi connectivity index (χ1) is 10.2. The molecule has 5 nitrogen and oxygen atoms in total. The van der Waals surface area contributed by atoms with Crippen molar-refractivity contribution in [2.24, 2.45) is 0 Å². The largest absolute Gasteiger partial charge is 0.357 e. The Bertz CT molecular complexity index is 560. The quantitative estimate of drug-likeness (QED) is 0.907. The summed E-state index contributed by atoms with van der Waals surface area (Å²) in [6.07, 6.45) is 2.89. The van der Waals surface area contributed by atoms with Gasteiger partial charge >= 0.3 is 0 Å². The highest BCUT2D eigenvalue weighted by molar-refractivity contribution is 5.88. The third-order valence-corrected chi connectivity index (χ3v) is 3.81. The van der Waals surface area contributed by atoms with E-state index in [1.165, 1.54) is 0 Å². The van der Waals surface area contributed by atoms with Gasteiger partial charge in [-0.15, -0.1) is 0 Å². The fourth-order valence-corrected chi connectivity index (χ4v) is 2.64. The number of nitrogens with zero attached hydrogens (tertiary/aromatic N) is 2. The van der Waals surface area contributed by atoms with Crippen LogP contribution >= 0.6 is 0 Å². The van der Waals surface area contributed by atoms with Crippen LogP contribution in [0.4, 0.5) is 0 Å². The molecule has 0 saturated carbocycles. The van der Waals surface area contributed by atoms with Crippen LogP contribution in [0.2, 0.25) is 0 Å². The maximum atomic E-state index is 12.4. The zero-order valence-electron chi connectivity index (χ0n) is 12.1. The molecule has 1 heterocycles. The van der Waals surface area contributed by atoms with Crippen LogP contribution < -0.4 is 5.32 Å². The molecule has 2 rings (SSSR count). The van der Waals surface area contributed by atoms with Crippen molar-refractivity contribution in [3.63, 3.8) is 0 Å². The molecule has 1 unspecified atom stereocenters. The Morgan fingerprint density at radius 2 is 2.05 bits per heavy atom. The van der Waals surface area contributed by atoms with Crippen LogP contribution in [-0.4, -0.2) is 36.3 Å². The van der Waals surface area contributed by atoms with Crippen LogP contribution in [0.15, 0.2) is 24.3 Å². The molecule has 21 heavy (non-hydrogen) atoms. The number of hydrogen-bond donors (Lipinski definition) is 1. The van der Waals surface area contributed by atoms with Gasteiger partial charge in [-0.2, -0.15) is 5.26 Å². The van der Waals surface area contributed by atoms with Gasteiger partial charge in [0.15, 0.2) is 0 Å². The number of amides is 2. The van der Waals surface area contributed by atoms with E-state index in [0.29, 0.717) is 12.1 Å². The Morgan fingerprint density at radius 1 is 1.33 bits per heavy atom. The van der Waals surface area contributed by atoms with Gasteiger partial charge in [-0.3, -0.25) is 9.59 Å². The predicted molar refractivity (Wildman–Crippen MR) is 78.3 cm³/mol. The van der Waals surface area contributed by atoms with Crippen molar-refractivity contribution in [3.05, 3.63) is 35.4 Å². The number of rotatable bonds is 3. The summed E-state index contributed by atoms with van der Waals surface area (Å²) in [6.45, 7) is 0.632. The maximum Gasteiger partial charge on any atom is 0.242 e. The zero-order chi connectivity index (χ0) is 15.2. The Labute approximate surface area is 124 Å². The topological polar surface area (TPSA) is 73.2 Å². The minimum absolute atomic E-state index is 0.0343. The van der Waals surface area contributed by atoms with Crippen molar-refractivity contribution in [1.82, 2.24) is 10.2 Å². The van der Waals surface area contributed by atoms with Crippen LogP contribution in [-0.2, 0) is 16.0 Å². The molecule has 1 aliphatic rings. The van der Waals surface area contributed by atoms with Crippen LogP contribution in [0.3, 0.4) is 0 Å². The molecule has 0 radical (unpaired) electrons. The normalized spacial score (nSPS) is 17.9. The molecule has 1 N–H and O–H groups in total. The van der Waals surface area contributed by atoms with Gasteiger partial charge in [0.25, 0.3) is 0 Å². The number of benzene rings is 1. The van der Waals surface area contributed by atoms with Crippen molar-refractivity contribution >= 4 is 11.8 Å². The molecule has 1 atom stereocenters. The summed E-state index contributed by atoms with van der Waals surface area (Å²) in [7, 11) is 1.60. The number of likely N-dealkylation sites (tertiary alicyclic amines) is 1. The molecular weight excluding hydrogens is 266 g/mol. The van der Waals surface area contributed by atoms with Gasteiger partial charge in [0.05, 0.1) is 18.1 Å². The molecule has 0 spiro atoms. The molecule has 1 aromatic rings. The third kappa shape index (κ3) is 3.60. The average molecular weight is 285 g/mol. The lowest BCUT2D eigenvalue weighted by Gasteiger charge is -2.34. The molecule has 1 aromatic carbocycles. The van der Waals surface area contributed by atoms with E-state index >= 15 is 0 Å². The van der Waals surface area contributed by atoms with Crippen LogP contribution in [0.25, 0.3) is 0 Å². The molecular formula is C16H19N3O2. The Hall–Kier alpha value is -2.35. The molecule has 0 bridgehead atoms. The lowest BCUT2D eigenvalue weighted by atomic mass is 10.00. The van der Waals surface area contributed by atoms with Gasteiger partial charge in [-0.05, 0) is 37.0 Å². The molecule has 5 heteroatoms. The predicted octanol–water partition coefficient (Wildman–Crippen LogP) is 1.23. The first-order valence-electron chi connectivity index (χ1n) is 7.16. The zero-order valence-corrected chi connectivity index (χ0v) is 12.1. The minimum Gasteiger partial charge on any atom is -0.357 e. The fraction of sp³-hybridized carbons (Fsp3) is 0.438. The lowest BCUT2D eigenvalue weighted by Crippen LogP contribution is -2.51. The molecule has 2 amide bonds. The summed E-state index contributed by atoms with van der Waals surface area (Å²) >= 11 is 0. The standard InChI is InChI=1S/C16H19N3O2/c1-18-16(21)14-4-2-3-9-19(14)15(20)10-12-5-7-13(11-17)8-6-12/h5-8,14H,2-4,9-10H2,1H3,(H,18,21). The SMILES string of the molecule is CNC(=O)C1CCCCN1C(=O)Cc1ccc(C#N)cc1. The Kier molecular flexibility index (Phi) is 4.94. The highest BCUT2D eigenvalue weighted by Crippen LogP contribution is 2.18. The number of likely N-dealkylation sites (N-methyl/N-ethyl adjacent to an activating group) is 1. The van der Waals surface area contributed by atoms with Crippen molar-refractivity contribution in [1.29, 1.82) is 5.26 Å². The van der Waals surface area contributed by atoms with Crippen LogP contribution in [0.5, 0.6) is 0 Å². The summed E-state index contributed by atoms with van der Waals surface area (Å²) in [5, 5.41) is 11.4. The molecule has 0 aromatic heterocycles. The second kappa shape index (κ2) is 6.89. The number of nitriles is 1. The second-order valence-electron chi connectivity index (χ2n) is 5.20. The van der Waals surface area contributed by atoms with Crippen LogP contribution in [0.1, 0.15) is 30.4 Å². The first-order valence-corrected chi connectivity index (χ1v) is 7.16. The molecule has 1 fully saturated rings. The number of nitrogens with one attached hydrogen (secondary N) is 1. The highest BCUT2D eigenvalue weighted by Gasteiger charge is 2.31. The number of piperidine rings is 1. The van der Waals surface area contributed by atoms with E-state index in [2.05, 4.69) is 11.4 Å². The van der Waals surface area contributed by atoms with Gasteiger partial charge in [-0.25, -0.2) is 0 Å². The summed E-state index contributed by atoms with van der Waals surface area (Å²) in [5.41, 5.74) is 1.44. The van der Waals surface area contributed by atoms with Crippen molar-refractivity contribution in [2.75, 3.05) is 13.6 Å². The van der Waals surface area contributed by atoms with Gasteiger partial charge < -0.3 is 10.2 Å². The average Bonchev–Trinajstić information content (AvgIpc) is 2.54. The van der Waals surface area contributed by atoms with E-state index in [1.807, 2.05) is 0 Å². The summed E-state index contributed by atoms with van der Waals surface area (Å²) in [6, 6.07) is 8.68. The van der Waals surface area contributed by atoms with E-state index in [-0.39, 0.29) is 24.3 Å². The summed E-state index contributed by atoms with van der Waals surface area (Å²) in [5.74, 6) is -0.129. The first kappa shape index (κ1) is 15.0. The smallest absolute Gasteiger partial charge is 0.242 e. The van der Waals surface area contributed by atoms with E-state index in [4.69, 9.17) is 5.26 Å². The number of carbonyl (C=O) groups excluding carboxylic acids is 2. The molecule has 1 aliphatic heterocycles. The van der Waals surface area contributed by atoms with Crippen molar-refractivity contribution < 1.29 is 9.59 Å². The third-order valence-electron chi connectivity index (χ3n) is 3.81. The fourth-order valence-electron chi connectivity index (χ4n) is 2.64. The van der Waals surface area contributed by atoms with E-state index < -0.39 is 0 Å². The monoisotopic (exact) mass is 285 g/mol. The highest BCUT2D eigenvalue weighted by atomic mass is 16.2. The summed E-state index contributed by atoms with van der Waals surface area (Å²) in [4.78, 5) is 26.0. The van der Waals surface area contributed by atoms with Gasteiger partial charge in [0.1, 0.15) is 6.04 Å². The van der Waals surface area contributed by atoms with Crippen LogP contribution in [0, 0.1) is 11.3 Å². The minimum atomic E-state index is -0.352. The molecule has 1 saturated heterocycles. The Balaban J connectivity index is 2.06. The van der Waals surface area contributed by atoms with E-state index in [1.54, 1.807) is 36.2 Å². The molecule has 0 aliphatic carbocycles. The Morgan fingerprint density at radius 3 is 2.67 bits per heavy atom. The van der Waals surface area contributed by atoms with Crippen molar-refractivity contribution in [2.45, 2.75) is 31.7 Å². The van der Waals surface area contributed by atoms with Gasteiger partial charge in [-0.1, -0.05) is 12.1 Å². The van der Waals surface area contributed by atoms with Gasteiger partial charge in [0.2, 0.25) is 11.8 Å². The number of carbonyl (C=O) groups is 2. The second-order valence-corrected chi connectivity index (χ2v) is 5.20. The van der Waals surface area contributed by atoms with Gasteiger partial charge in [0, 0.05) is 13.6 Å². The number of hydrogen-bond acceptors (Lipinski definition) is 3. The van der Waals surface area contributed by atoms with E-state index in [0.717, 1.165) is 24.8 Å². The van der Waals surface area contributed by atoms with E-state index in [9.17, 15) is 9.59 Å².